The van der Waals surface area contributed by atoms with E-state index >= 15 is 0 Å². The lowest BCUT2D eigenvalue weighted by molar-refractivity contribution is 0.0499. The van der Waals surface area contributed by atoms with Gasteiger partial charge in [0.05, 0.1) is 6.10 Å². The van der Waals surface area contributed by atoms with Gasteiger partial charge in [0.2, 0.25) is 0 Å². The minimum absolute atomic E-state index is 0.188. The molecule has 1 unspecified atom stereocenters. The molecule has 21 heavy (non-hydrogen) atoms. The molecule has 0 aliphatic rings. The fourth-order valence-electron chi connectivity index (χ4n) is 2.46. The largest absolute Gasteiger partial charge is 0.372 e. The van der Waals surface area contributed by atoms with E-state index in [-0.39, 0.29) is 6.10 Å². The lowest BCUT2D eigenvalue weighted by Crippen LogP contribution is -2.24. The van der Waals surface area contributed by atoms with Gasteiger partial charge in [-0.1, -0.05) is 76.3 Å². The molecule has 0 spiro atoms. The maximum atomic E-state index is 6.12. The van der Waals surface area contributed by atoms with Crippen molar-refractivity contribution in [3.8, 4) is 0 Å². The van der Waals surface area contributed by atoms with Crippen LogP contribution in [0.2, 0.25) is 0 Å². The first-order valence-corrected chi connectivity index (χ1v) is 8.75. The second kappa shape index (κ2) is 12.8. The summed E-state index contributed by atoms with van der Waals surface area (Å²) in [6.45, 7) is 7.30. The Bertz CT molecular complexity index is 326. The minimum atomic E-state index is 0.188. The number of ether oxygens (including phenoxy) is 1. The number of unbranched alkanes of at least 4 members (excludes halogenated alkanes) is 5. The summed E-state index contributed by atoms with van der Waals surface area (Å²) in [5, 5.41) is 3.48. The van der Waals surface area contributed by atoms with Crippen LogP contribution < -0.4 is 5.32 Å². The summed E-state index contributed by atoms with van der Waals surface area (Å²) in [6, 6.07) is 10.6. The third kappa shape index (κ3) is 8.90. The molecule has 0 saturated heterocycles. The molecule has 0 aromatic heterocycles. The van der Waals surface area contributed by atoms with E-state index in [1.807, 2.05) is 0 Å². The Kier molecular flexibility index (Phi) is 11.1. The predicted octanol–water partition coefficient (Wildman–Crippen LogP) is 5.10. The zero-order valence-corrected chi connectivity index (χ0v) is 13.9. The highest BCUT2D eigenvalue weighted by Gasteiger charge is 2.10. The topological polar surface area (TPSA) is 21.3 Å². The zero-order valence-electron chi connectivity index (χ0n) is 13.9. The summed E-state index contributed by atoms with van der Waals surface area (Å²) in [6.07, 6.45) is 9.24. The molecular formula is C19H33NO. The maximum Gasteiger partial charge on any atom is 0.0949 e. The lowest BCUT2D eigenvalue weighted by Gasteiger charge is -2.19. The Morgan fingerprint density at radius 1 is 0.905 bits per heavy atom. The number of hydrogen-bond acceptors (Lipinski definition) is 2. The number of rotatable bonds is 13. The average Bonchev–Trinajstić information content (AvgIpc) is 2.53. The van der Waals surface area contributed by atoms with Crippen LogP contribution in [0.1, 0.15) is 70.5 Å². The molecule has 1 aromatic carbocycles. The highest BCUT2D eigenvalue weighted by molar-refractivity contribution is 5.17. The van der Waals surface area contributed by atoms with Crippen LogP contribution in [0.25, 0.3) is 0 Å². The molecule has 0 radical (unpaired) electrons. The first-order valence-electron chi connectivity index (χ1n) is 8.75. The van der Waals surface area contributed by atoms with E-state index in [2.05, 4.69) is 49.5 Å². The summed E-state index contributed by atoms with van der Waals surface area (Å²) in [5.74, 6) is 0. The van der Waals surface area contributed by atoms with Gasteiger partial charge >= 0.3 is 0 Å². The van der Waals surface area contributed by atoms with Gasteiger partial charge in [-0.05, 0) is 24.9 Å². The Morgan fingerprint density at radius 2 is 1.62 bits per heavy atom. The van der Waals surface area contributed by atoms with Gasteiger partial charge in [-0.15, -0.1) is 0 Å². The van der Waals surface area contributed by atoms with E-state index in [1.54, 1.807) is 0 Å². The Hall–Kier alpha value is -0.860. The molecule has 0 bridgehead atoms. The fraction of sp³-hybridized carbons (Fsp3) is 0.684. The molecule has 1 rings (SSSR count). The highest BCUT2D eigenvalue weighted by atomic mass is 16.5. The van der Waals surface area contributed by atoms with Gasteiger partial charge in [0.15, 0.2) is 0 Å². The molecule has 2 nitrogen and oxygen atoms in total. The predicted molar refractivity (Wildman–Crippen MR) is 91.7 cm³/mol. The van der Waals surface area contributed by atoms with Crippen molar-refractivity contribution in [1.82, 2.24) is 5.32 Å². The van der Waals surface area contributed by atoms with Crippen LogP contribution in [-0.4, -0.2) is 19.7 Å². The molecular weight excluding hydrogens is 258 g/mol. The smallest absolute Gasteiger partial charge is 0.0949 e. The van der Waals surface area contributed by atoms with Gasteiger partial charge < -0.3 is 10.1 Å². The average molecular weight is 291 g/mol. The van der Waals surface area contributed by atoms with Gasteiger partial charge in [0.25, 0.3) is 0 Å². The van der Waals surface area contributed by atoms with Crippen molar-refractivity contribution in [2.45, 2.75) is 64.9 Å². The molecule has 120 valence electrons. The maximum absolute atomic E-state index is 6.12. The van der Waals surface area contributed by atoms with Gasteiger partial charge in [0.1, 0.15) is 0 Å². The van der Waals surface area contributed by atoms with Crippen molar-refractivity contribution in [1.29, 1.82) is 0 Å². The van der Waals surface area contributed by atoms with E-state index in [0.717, 1.165) is 19.7 Å². The Balaban J connectivity index is 2.26. The Labute approximate surface area is 131 Å². The SMILES string of the molecule is CCCCCCCCOC(CNCCC)c1ccccc1. The van der Waals surface area contributed by atoms with E-state index in [4.69, 9.17) is 4.74 Å². The number of nitrogens with one attached hydrogen (secondary N) is 1. The van der Waals surface area contributed by atoms with Crippen LogP contribution in [0.15, 0.2) is 30.3 Å². The molecule has 1 aromatic rings. The summed E-state index contributed by atoms with van der Waals surface area (Å²) in [4.78, 5) is 0. The van der Waals surface area contributed by atoms with E-state index in [0.29, 0.717) is 0 Å². The summed E-state index contributed by atoms with van der Waals surface area (Å²) >= 11 is 0. The van der Waals surface area contributed by atoms with Crippen LogP contribution >= 0.6 is 0 Å². The molecule has 2 heteroatoms. The van der Waals surface area contributed by atoms with E-state index in [1.165, 1.54) is 50.5 Å². The fourth-order valence-corrected chi connectivity index (χ4v) is 2.46. The van der Waals surface area contributed by atoms with Crippen molar-refractivity contribution >= 4 is 0 Å². The molecule has 0 aliphatic carbocycles. The highest BCUT2D eigenvalue weighted by Crippen LogP contribution is 2.17. The first-order chi connectivity index (χ1) is 10.4. The van der Waals surface area contributed by atoms with E-state index in [9.17, 15) is 0 Å². The van der Waals surface area contributed by atoms with Crippen molar-refractivity contribution in [3.05, 3.63) is 35.9 Å². The monoisotopic (exact) mass is 291 g/mol. The normalized spacial score (nSPS) is 12.5. The molecule has 1 N–H and O–H groups in total. The number of hydrogen-bond donors (Lipinski definition) is 1. The van der Waals surface area contributed by atoms with E-state index < -0.39 is 0 Å². The van der Waals surface area contributed by atoms with Crippen LogP contribution in [0.4, 0.5) is 0 Å². The zero-order chi connectivity index (χ0) is 15.2. The van der Waals surface area contributed by atoms with Crippen LogP contribution in [0.5, 0.6) is 0 Å². The van der Waals surface area contributed by atoms with Crippen molar-refractivity contribution < 1.29 is 4.74 Å². The number of benzene rings is 1. The summed E-state index contributed by atoms with van der Waals surface area (Å²) in [7, 11) is 0. The summed E-state index contributed by atoms with van der Waals surface area (Å²) < 4.78 is 6.12. The molecule has 0 saturated carbocycles. The first kappa shape index (κ1) is 18.2. The van der Waals surface area contributed by atoms with Crippen molar-refractivity contribution in [3.63, 3.8) is 0 Å². The second-order valence-electron chi connectivity index (χ2n) is 5.74. The minimum Gasteiger partial charge on any atom is -0.372 e. The third-order valence-corrected chi connectivity index (χ3v) is 3.74. The van der Waals surface area contributed by atoms with Crippen molar-refractivity contribution in [2.24, 2.45) is 0 Å². The standard InChI is InChI=1S/C19H33NO/c1-3-5-6-7-8-12-16-21-19(17-20-15-4-2)18-13-10-9-11-14-18/h9-11,13-14,19-20H,3-8,12,15-17H2,1-2H3. The molecule has 0 amide bonds. The summed E-state index contributed by atoms with van der Waals surface area (Å²) in [5.41, 5.74) is 1.28. The Morgan fingerprint density at radius 3 is 2.33 bits per heavy atom. The lowest BCUT2D eigenvalue weighted by atomic mass is 10.1. The van der Waals surface area contributed by atoms with Gasteiger partial charge in [-0.3, -0.25) is 0 Å². The van der Waals surface area contributed by atoms with Crippen LogP contribution in [0, 0.1) is 0 Å². The second-order valence-corrected chi connectivity index (χ2v) is 5.74. The third-order valence-electron chi connectivity index (χ3n) is 3.74. The van der Waals surface area contributed by atoms with Gasteiger partial charge in [-0.2, -0.15) is 0 Å². The molecule has 0 fully saturated rings. The molecule has 1 atom stereocenters. The van der Waals surface area contributed by atoms with Crippen molar-refractivity contribution in [2.75, 3.05) is 19.7 Å². The van der Waals surface area contributed by atoms with Crippen LogP contribution in [-0.2, 0) is 4.74 Å². The molecule has 0 heterocycles. The molecule has 0 aliphatic heterocycles. The van der Waals surface area contributed by atoms with Gasteiger partial charge in [-0.25, -0.2) is 0 Å². The quantitative estimate of drug-likeness (QED) is 0.510. The van der Waals surface area contributed by atoms with Gasteiger partial charge in [0, 0.05) is 13.2 Å². The van der Waals surface area contributed by atoms with Crippen LogP contribution in [0.3, 0.4) is 0 Å².